The van der Waals surface area contributed by atoms with Gasteiger partial charge in [-0.2, -0.15) is 0 Å². The fourth-order valence-electron chi connectivity index (χ4n) is 0.788. The molecule has 0 heterocycles. The highest BCUT2D eigenvalue weighted by Crippen LogP contribution is 2.09. The molecule has 0 aliphatic rings. The highest BCUT2D eigenvalue weighted by molar-refractivity contribution is 9.09. The third-order valence-electron chi connectivity index (χ3n) is 1.60. The molecule has 0 aromatic heterocycles. The lowest BCUT2D eigenvalue weighted by Gasteiger charge is -2.09. The van der Waals surface area contributed by atoms with Crippen LogP contribution in [0.1, 0.15) is 19.8 Å². The molecule has 0 aromatic rings. The molecule has 12 heavy (non-hydrogen) atoms. The van der Waals surface area contributed by atoms with Gasteiger partial charge in [0.05, 0.1) is 0 Å². The van der Waals surface area contributed by atoms with E-state index in [1.54, 1.807) is 0 Å². The third-order valence-corrected chi connectivity index (χ3v) is 2.06. The van der Waals surface area contributed by atoms with Crippen molar-refractivity contribution in [2.24, 2.45) is 5.92 Å². The average Bonchev–Trinajstić information content (AvgIpc) is 1.98. The lowest BCUT2D eigenvalue weighted by molar-refractivity contribution is 0.0134. The lowest BCUT2D eigenvalue weighted by atomic mass is 10.1. The summed E-state index contributed by atoms with van der Waals surface area (Å²) in [5, 5.41) is 0.961. The molecule has 0 saturated heterocycles. The van der Waals surface area contributed by atoms with Gasteiger partial charge >= 0.3 is 0 Å². The van der Waals surface area contributed by atoms with E-state index in [2.05, 4.69) is 22.9 Å². The predicted octanol–water partition coefficient (Wildman–Crippen LogP) is 3.08. The van der Waals surface area contributed by atoms with E-state index in [1.807, 2.05) is 0 Å². The Morgan fingerprint density at radius 1 is 1.33 bits per heavy atom. The van der Waals surface area contributed by atoms with Crippen LogP contribution in [0.25, 0.3) is 0 Å². The van der Waals surface area contributed by atoms with Crippen molar-refractivity contribution in [2.75, 3.05) is 18.5 Å². The summed E-state index contributed by atoms with van der Waals surface area (Å²) in [6, 6.07) is 0. The van der Waals surface area contributed by atoms with Crippen molar-refractivity contribution in [2.45, 2.75) is 26.2 Å². The number of alkyl halides is 3. The number of rotatable bonds is 7. The number of hydrogen-bond acceptors (Lipinski definition) is 1. The zero-order valence-electron chi connectivity index (χ0n) is 7.23. The first-order chi connectivity index (χ1) is 5.66. The fourth-order valence-corrected chi connectivity index (χ4v) is 1.57. The molecule has 1 atom stereocenters. The monoisotopic (exact) mass is 244 g/mol. The van der Waals surface area contributed by atoms with Crippen molar-refractivity contribution >= 4 is 15.9 Å². The van der Waals surface area contributed by atoms with Crippen molar-refractivity contribution in [1.82, 2.24) is 0 Å². The minimum atomic E-state index is -2.34. The van der Waals surface area contributed by atoms with E-state index in [4.69, 9.17) is 4.74 Å². The van der Waals surface area contributed by atoms with E-state index in [1.165, 1.54) is 0 Å². The molecule has 0 aliphatic carbocycles. The molecule has 0 radical (unpaired) electrons. The number of halogens is 3. The molecule has 0 saturated carbocycles. The number of ether oxygens (including phenoxy) is 1. The summed E-state index contributed by atoms with van der Waals surface area (Å²) in [4.78, 5) is 0. The summed E-state index contributed by atoms with van der Waals surface area (Å²) in [5.41, 5.74) is 0. The average molecular weight is 245 g/mol. The van der Waals surface area contributed by atoms with Gasteiger partial charge in [0.1, 0.15) is 6.61 Å². The van der Waals surface area contributed by atoms with E-state index < -0.39 is 13.0 Å². The first kappa shape index (κ1) is 12.3. The van der Waals surface area contributed by atoms with Crippen LogP contribution in [0.4, 0.5) is 8.78 Å². The molecule has 0 bridgehead atoms. The molecule has 0 N–H and O–H groups in total. The van der Waals surface area contributed by atoms with Gasteiger partial charge in [-0.05, 0) is 18.8 Å². The number of hydrogen-bond donors (Lipinski definition) is 0. The van der Waals surface area contributed by atoms with Crippen LogP contribution in [-0.4, -0.2) is 25.0 Å². The fraction of sp³-hybridized carbons (Fsp3) is 1.00. The molecule has 1 nitrogen and oxygen atoms in total. The maximum Gasteiger partial charge on any atom is 0.261 e. The quantitative estimate of drug-likeness (QED) is 0.494. The molecular formula is C8H15BrF2O. The van der Waals surface area contributed by atoms with Crippen LogP contribution in [0.5, 0.6) is 0 Å². The predicted molar refractivity (Wildman–Crippen MR) is 49.0 cm³/mol. The Hall–Kier alpha value is 0.300. The van der Waals surface area contributed by atoms with Gasteiger partial charge < -0.3 is 4.74 Å². The van der Waals surface area contributed by atoms with E-state index in [-0.39, 0.29) is 0 Å². The smallest absolute Gasteiger partial charge is 0.261 e. The van der Waals surface area contributed by atoms with Crippen LogP contribution in [0.3, 0.4) is 0 Å². The SMILES string of the molecule is CC(CCBr)CCOCC(F)F. The van der Waals surface area contributed by atoms with E-state index in [0.717, 1.165) is 18.2 Å². The van der Waals surface area contributed by atoms with Crippen LogP contribution >= 0.6 is 15.9 Å². The van der Waals surface area contributed by atoms with Crippen LogP contribution in [0, 0.1) is 5.92 Å². The van der Waals surface area contributed by atoms with Gasteiger partial charge in [-0.15, -0.1) is 0 Å². The molecule has 0 aromatic carbocycles. The van der Waals surface area contributed by atoms with E-state index >= 15 is 0 Å². The minimum absolute atomic E-state index is 0.430. The van der Waals surface area contributed by atoms with Crippen molar-refractivity contribution in [3.8, 4) is 0 Å². The molecular weight excluding hydrogens is 230 g/mol. The Kier molecular flexibility index (Phi) is 8.12. The standard InChI is InChI=1S/C8H15BrF2O/c1-7(2-4-9)3-5-12-6-8(10)11/h7-8H,2-6H2,1H3. The van der Waals surface area contributed by atoms with Crippen LogP contribution < -0.4 is 0 Å². The van der Waals surface area contributed by atoms with Crippen LogP contribution in [-0.2, 0) is 4.74 Å². The van der Waals surface area contributed by atoms with Gasteiger partial charge in [0, 0.05) is 11.9 Å². The van der Waals surface area contributed by atoms with Crippen LogP contribution in [0.15, 0.2) is 0 Å². The highest BCUT2D eigenvalue weighted by atomic mass is 79.9. The van der Waals surface area contributed by atoms with Gasteiger partial charge in [-0.25, -0.2) is 8.78 Å². The lowest BCUT2D eigenvalue weighted by Crippen LogP contribution is -2.08. The Labute approximate surface area is 80.6 Å². The van der Waals surface area contributed by atoms with Gasteiger partial charge in [0.25, 0.3) is 6.43 Å². The Morgan fingerprint density at radius 3 is 2.50 bits per heavy atom. The maximum absolute atomic E-state index is 11.6. The zero-order chi connectivity index (χ0) is 9.40. The van der Waals surface area contributed by atoms with Gasteiger partial charge in [-0.1, -0.05) is 22.9 Å². The summed E-state index contributed by atoms with van der Waals surface area (Å²) < 4.78 is 27.9. The second-order valence-corrected chi connectivity index (χ2v) is 3.63. The summed E-state index contributed by atoms with van der Waals surface area (Å²) in [6.07, 6.45) is -0.410. The van der Waals surface area contributed by atoms with Crippen molar-refractivity contribution < 1.29 is 13.5 Å². The Morgan fingerprint density at radius 2 is 2.00 bits per heavy atom. The largest absolute Gasteiger partial charge is 0.376 e. The van der Waals surface area contributed by atoms with Gasteiger partial charge in [-0.3, -0.25) is 0 Å². The first-order valence-corrected chi connectivity index (χ1v) is 5.20. The van der Waals surface area contributed by atoms with Gasteiger partial charge in [0.2, 0.25) is 0 Å². The summed E-state index contributed by atoms with van der Waals surface area (Å²) in [5.74, 6) is 0.544. The second-order valence-electron chi connectivity index (χ2n) is 2.84. The summed E-state index contributed by atoms with van der Waals surface area (Å²) >= 11 is 3.32. The zero-order valence-corrected chi connectivity index (χ0v) is 8.82. The maximum atomic E-state index is 11.6. The molecule has 4 heteroatoms. The molecule has 1 unspecified atom stereocenters. The molecule has 0 rings (SSSR count). The molecule has 74 valence electrons. The van der Waals surface area contributed by atoms with Crippen molar-refractivity contribution in [3.05, 3.63) is 0 Å². The summed E-state index contributed by atoms with van der Waals surface area (Å²) in [7, 11) is 0. The topological polar surface area (TPSA) is 9.23 Å². The van der Waals surface area contributed by atoms with Crippen molar-refractivity contribution in [1.29, 1.82) is 0 Å². The second kappa shape index (κ2) is 7.92. The van der Waals surface area contributed by atoms with Crippen molar-refractivity contribution in [3.63, 3.8) is 0 Å². The van der Waals surface area contributed by atoms with Crippen LogP contribution in [0.2, 0.25) is 0 Å². The molecule has 0 amide bonds. The van der Waals surface area contributed by atoms with Gasteiger partial charge in [0.15, 0.2) is 0 Å². The third kappa shape index (κ3) is 8.40. The first-order valence-electron chi connectivity index (χ1n) is 4.08. The Bertz CT molecular complexity index is 101. The minimum Gasteiger partial charge on any atom is -0.376 e. The normalized spacial score (nSPS) is 13.8. The molecule has 0 fully saturated rings. The Balaban J connectivity index is 3.08. The van der Waals surface area contributed by atoms with E-state index in [0.29, 0.717) is 12.5 Å². The molecule has 0 spiro atoms. The van der Waals surface area contributed by atoms with E-state index in [9.17, 15) is 8.78 Å². The molecule has 0 aliphatic heterocycles. The highest BCUT2D eigenvalue weighted by Gasteiger charge is 2.03. The summed E-state index contributed by atoms with van der Waals surface area (Å²) in [6.45, 7) is 2.10.